The van der Waals surface area contributed by atoms with Crippen LogP contribution in [0.15, 0.2) is 194 Å². The van der Waals surface area contributed by atoms with Crippen molar-refractivity contribution < 1.29 is 0 Å². The summed E-state index contributed by atoms with van der Waals surface area (Å²) in [5.74, 6) is 0.788. The Hall–Kier alpha value is -7.56. The minimum Gasteiger partial charge on any atom is -0.309 e. The molecule has 0 spiro atoms. The standard InChI is InChI=1S/C52H32N4/c1-2-14-33(15-3-1)34-26-28-35(29-27-34)55-44-24-12-10-22-42(44)49-46(55)30-31-47-50(49)43-23-11-13-25-45(43)56(47)48-32-53-51-40-20-8-6-18-38(40)36-16-4-5-17-37(36)39-19-7-9-21-41(39)52(51)54-48/h1-32H. The fourth-order valence-corrected chi connectivity index (χ4v) is 9.15. The molecule has 0 aliphatic heterocycles. The first kappa shape index (κ1) is 30.9. The number of aromatic nitrogens is 4. The number of rotatable bonds is 3. The number of benzene rings is 8. The summed E-state index contributed by atoms with van der Waals surface area (Å²) in [6.45, 7) is 0. The highest BCUT2D eigenvalue weighted by Gasteiger charge is 2.26. The Kier molecular flexibility index (Phi) is 6.60. The Morgan fingerprint density at radius 1 is 0.321 bits per heavy atom. The summed E-state index contributed by atoms with van der Waals surface area (Å²) < 4.78 is 4.71. The molecular weight excluding hydrogens is 681 g/mol. The minimum atomic E-state index is 0.788. The van der Waals surface area contributed by atoms with Crippen molar-refractivity contribution >= 4 is 43.6 Å². The zero-order valence-electron chi connectivity index (χ0n) is 30.3. The van der Waals surface area contributed by atoms with Gasteiger partial charge in [0.1, 0.15) is 0 Å². The van der Waals surface area contributed by atoms with Crippen LogP contribution in [0.5, 0.6) is 0 Å². The van der Waals surface area contributed by atoms with Gasteiger partial charge in [0.15, 0.2) is 5.82 Å². The van der Waals surface area contributed by atoms with Crippen LogP contribution in [0.2, 0.25) is 0 Å². The van der Waals surface area contributed by atoms with Crippen LogP contribution in [0.3, 0.4) is 0 Å². The maximum atomic E-state index is 5.59. The molecule has 0 amide bonds. The van der Waals surface area contributed by atoms with Gasteiger partial charge < -0.3 is 4.57 Å². The maximum absolute atomic E-state index is 5.59. The molecule has 3 heterocycles. The molecule has 0 atom stereocenters. The fourth-order valence-electron chi connectivity index (χ4n) is 9.15. The van der Waals surface area contributed by atoms with Gasteiger partial charge in [-0.15, -0.1) is 0 Å². The quantitative estimate of drug-likeness (QED) is 0.183. The molecule has 0 fully saturated rings. The molecule has 1 aliphatic carbocycles. The van der Waals surface area contributed by atoms with Crippen molar-refractivity contribution in [2.45, 2.75) is 0 Å². The molecule has 12 rings (SSSR count). The van der Waals surface area contributed by atoms with Crippen molar-refractivity contribution in [2.24, 2.45) is 0 Å². The van der Waals surface area contributed by atoms with Crippen LogP contribution in [0.25, 0.3) is 111 Å². The highest BCUT2D eigenvalue weighted by atomic mass is 15.1. The molecular formula is C52H32N4. The summed E-state index contributed by atoms with van der Waals surface area (Å²) in [6.07, 6.45) is 1.96. The molecule has 3 aromatic heterocycles. The summed E-state index contributed by atoms with van der Waals surface area (Å²) in [6, 6.07) is 67.4. The van der Waals surface area contributed by atoms with Gasteiger partial charge in [0.25, 0.3) is 0 Å². The molecule has 4 heteroatoms. The summed E-state index contributed by atoms with van der Waals surface area (Å²) in [7, 11) is 0. The molecule has 260 valence electrons. The van der Waals surface area contributed by atoms with E-state index in [1.807, 2.05) is 6.20 Å². The monoisotopic (exact) mass is 712 g/mol. The normalized spacial score (nSPS) is 11.9. The van der Waals surface area contributed by atoms with E-state index in [2.05, 4.69) is 197 Å². The summed E-state index contributed by atoms with van der Waals surface area (Å²) in [5, 5.41) is 4.85. The van der Waals surface area contributed by atoms with Crippen molar-refractivity contribution in [1.82, 2.24) is 19.1 Å². The number of para-hydroxylation sites is 2. The van der Waals surface area contributed by atoms with E-state index in [1.165, 1.54) is 54.8 Å². The molecule has 0 N–H and O–H groups in total. The number of fused-ring (bicyclic) bond motifs is 15. The molecule has 0 unspecified atom stereocenters. The summed E-state index contributed by atoms with van der Waals surface area (Å²) in [4.78, 5) is 10.9. The maximum Gasteiger partial charge on any atom is 0.156 e. The lowest BCUT2D eigenvalue weighted by molar-refractivity contribution is 1.05. The van der Waals surface area contributed by atoms with E-state index in [1.54, 1.807) is 0 Å². The van der Waals surface area contributed by atoms with Gasteiger partial charge in [-0.3, -0.25) is 9.55 Å². The first-order valence-corrected chi connectivity index (χ1v) is 19.1. The average Bonchev–Trinajstić information content (AvgIpc) is 3.79. The van der Waals surface area contributed by atoms with Gasteiger partial charge in [-0.25, -0.2) is 4.98 Å². The minimum absolute atomic E-state index is 0.788. The lowest BCUT2D eigenvalue weighted by Gasteiger charge is -2.22. The zero-order valence-corrected chi connectivity index (χ0v) is 30.3. The van der Waals surface area contributed by atoms with E-state index >= 15 is 0 Å². The second kappa shape index (κ2) is 12.0. The van der Waals surface area contributed by atoms with Gasteiger partial charge in [0.2, 0.25) is 0 Å². The van der Waals surface area contributed by atoms with Crippen LogP contribution in [-0.2, 0) is 0 Å². The van der Waals surface area contributed by atoms with Crippen LogP contribution in [0, 0.1) is 0 Å². The number of nitrogens with zero attached hydrogens (tertiary/aromatic N) is 4. The van der Waals surface area contributed by atoms with E-state index in [0.717, 1.165) is 56.2 Å². The van der Waals surface area contributed by atoms with E-state index < -0.39 is 0 Å². The summed E-state index contributed by atoms with van der Waals surface area (Å²) >= 11 is 0. The highest BCUT2D eigenvalue weighted by molar-refractivity contribution is 6.28. The van der Waals surface area contributed by atoms with Gasteiger partial charge >= 0.3 is 0 Å². The van der Waals surface area contributed by atoms with Crippen LogP contribution < -0.4 is 0 Å². The van der Waals surface area contributed by atoms with E-state index in [0.29, 0.717) is 0 Å². The molecule has 8 aromatic carbocycles. The van der Waals surface area contributed by atoms with Crippen LogP contribution in [0.1, 0.15) is 0 Å². The predicted octanol–water partition coefficient (Wildman–Crippen LogP) is 13.3. The first-order chi connectivity index (χ1) is 27.8. The molecule has 0 saturated heterocycles. The molecule has 4 nitrogen and oxygen atoms in total. The van der Waals surface area contributed by atoms with Crippen molar-refractivity contribution in [1.29, 1.82) is 0 Å². The Morgan fingerprint density at radius 2 is 0.768 bits per heavy atom. The van der Waals surface area contributed by atoms with Crippen molar-refractivity contribution in [3.8, 4) is 67.4 Å². The van der Waals surface area contributed by atoms with Crippen molar-refractivity contribution in [3.63, 3.8) is 0 Å². The lowest BCUT2D eigenvalue weighted by atomic mass is 9.84. The van der Waals surface area contributed by atoms with Gasteiger partial charge in [-0.05, 0) is 69.8 Å². The Labute approximate surface area is 323 Å². The topological polar surface area (TPSA) is 35.6 Å². The fraction of sp³-hybridized carbons (Fsp3) is 0. The van der Waals surface area contributed by atoms with Crippen LogP contribution in [0.4, 0.5) is 0 Å². The smallest absolute Gasteiger partial charge is 0.156 e. The van der Waals surface area contributed by atoms with Gasteiger partial charge in [-0.2, -0.15) is 0 Å². The van der Waals surface area contributed by atoms with Crippen molar-refractivity contribution in [3.05, 3.63) is 194 Å². The van der Waals surface area contributed by atoms with Gasteiger partial charge in [0.05, 0.1) is 39.7 Å². The highest BCUT2D eigenvalue weighted by Crippen LogP contribution is 2.47. The van der Waals surface area contributed by atoms with Crippen LogP contribution in [-0.4, -0.2) is 19.1 Å². The Morgan fingerprint density at radius 3 is 1.38 bits per heavy atom. The molecule has 0 bridgehead atoms. The third-order valence-corrected chi connectivity index (χ3v) is 11.6. The second-order valence-electron chi connectivity index (χ2n) is 14.5. The largest absolute Gasteiger partial charge is 0.309 e. The molecule has 1 aliphatic rings. The SMILES string of the molecule is c1ccc(-c2ccc(-n3c4ccccc4c4c5c6ccccc6n(-c6cnc7c(n6)-c6ccccc6-c6ccccc6-c6ccccc6-7)c5ccc43)cc2)cc1. The molecule has 11 aromatic rings. The molecule has 56 heavy (non-hydrogen) atoms. The van der Waals surface area contributed by atoms with Gasteiger partial charge in [0, 0.05) is 38.4 Å². The molecule has 0 radical (unpaired) electrons. The zero-order chi connectivity index (χ0) is 36.7. The van der Waals surface area contributed by atoms with Crippen LogP contribution >= 0.6 is 0 Å². The van der Waals surface area contributed by atoms with E-state index in [-0.39, 0.29) is 0 Å². The number of hydrogen-bond donors (Lipinski definition) is 0. The van der Waals surface area contributed by atoms with E-state index in [9.17, 15) is 0 Å². The van der Waals surface area contributed by atoms with Gasteiger partial charge in [-0.1, -0.05) is 152 Å². The third-order valence-electron chi connectivity index (χ3n) is 11.6. The Bertz CT molecular complexity index is 3350. The third kappa shape index (κ3) is 4.41. The Balaban J connectivity index is 1.12. The molecule has 0 saturated carbocycles. The van der Waals surface area contributed by atoms with Crippen molar-refractivity contribution in [2.75, 3.05) is 0 Å². The first-order valence-electron chi connectivity index (χ1n) is 19.1. The predicted molar refractivity (Wildman–Crippen MR) is 231 cm³/mol. The second-order valence-corrected chi connectivity index (χ2v) is 14.5. The summed E-state index contributed by atoms with van der Waals surface area (Å²) in [5.41, 5.74) is 16.7. The average molecular weight is 713 g/mol. The lowest BCUT2D eigenvalue weighted by Crippen LogP contribution is -2.05. The number of hydrogen-bond acceptors (Lipinski definition) is 2. The van der Waals surface area contributed by atoms with E-state index in [4.69, 9.17) is 9.97 Å².